The van der Waals surface area contributed by atoms with E-state index in [0.717, 1.165) is 5.56 Å². The smallest absolute Gasteiger partial charge is 0.287 e. The van der Waals surface area contributed by atoms with Gasteiger partial charge in [0.05, 0.1) is 13.2 Å². The lowest BCUT2D eigenvalue weighted by atomic mass is 10.1. The molecule has 6 nitrogen and oxygen atoms in total. The fourth-order valence-corrected chi connectivity index (χ4v) is 3.17. The summed E-state index contributed by atoms with van der Waals surface area (Å²) in [7, 11) is 0. The van der Waals surface area contributed by atoms with Crippen LogP contribution in [0.3, 0.4) is 0 Å². The number of carbonyl (C=O) groups is 2. The summed E-state index contributed by atoms with van der Waals surface area (Å²) in [4.78, 5) is 26.1. The Morgan fingerprint density at radius 1 is 1.19 bits per heavy atom. The first-order chi connectivity index (χ1) is 12.6. The summed E-state index contributed by atoms with van der Waals surface area (Å²) >= 11 is 3.16. The molecular weight excluding hydrogens is 400 g/mol. The van der Waals surface area contributed by atoms with Crippen LogP contribution < -0.4 is 5.32 Å². The number of nitrogens with zero attached hydrogens (tertiary/aromatic N) is 1. The summed E-state index contributed by atoms with van der Waals surface area (Å²) in [6, 6.07) is 13.2. The number of amides is 2. The van der Waals surface area contributed by atoms with E-state index < -0.39 is 0 Å². The van der Waals surface area contributed by atoms with Crippen LogP contribution in [0.5, 0.6) is 0 Å². The van der Waals surface area contributed by atoms with E-state index >= 15 is 0 Å². The summed E-state index contributed by atoms with van der Waals surface area (Å²) in [5.41, 5.74) is 1.09. The second-order valence-corrected chi connectivity index (χ2v) is 6.85. The first-order valence-electron chi connectivity index (χ1n) is 8.61. The Morgan fingerprint density at radius 2 is 2.00 bits per heavy atom. The second-order valence-electron chi connectivity index (χ2n) is 6.07. The van der Waals surface area contributed by atoms with Gasteiger partial charge in [-0.3, -0.25) is 9.59 Å². The van der Waals surface area contributed by atoms with E-state index in [1.54, 1.807) is 12.1 Å². The molecule has 2 heterocycles. The highest BCUT2D eigenvalue weighted by molar-refractivity contribution is 9.10. The minimum absolute atomic E-state index is 0.0778. The molecule has 1 fully saturated rings. The lowest BCUT2D eigenvalue weighted by Gasteiger charge is -2.33. The average Bonchev–Trinajstić information content (AvgIpc) is 3.12. The van der Waals surface area contributed by atoms with Crippen LogP contribution in [0.25, 0.3) is 0 Å². The number of nitrogens with one attached hydrogen (secondary N) is 1. The monoisotopic (exact) mass is 420 g/mol. The number of rotatable bonds is 6. The van der Waals surface area contributed by atoms with Gasteiger partial charge < -0.3 is 19.4 Å². The number of hydrogen-bond donors (Lipinski definition) is 1. The second kappa shape index (κ2) is 9.00. The number of benzene rings is 1. The molecule has 7 heteroatoms. The van der Waals surface area contributed by atoms with Gasteiger partial charge in [0, 0.05) is 19.5 Å². The minimum atomic E-state index is -0.279. The Kier molecular flexibility index (Phi) is 6.46. The van der Waals surface area contributed by atoms with Crippen molar-refractivity contribution in [3.8, 4) is 0 Å². The number of ether oxygens (including phenoxy) is 1. The van der Waals surface area contributed by atoms with Gasteiger partial charge in [0.15, 0.2) is 10.4 Å². The van der Waals surface area contributed by atoms with Gasteiger partial charge in [-0.25, -0.2) is 0 Å². The zero-order valence-electron chi connectivity index (χ0n) is 14.3. The summed E-state index contributed by atoms with van der Waals surface area (Å²) in [6.45, 7) is 2.13. The zero-order valence-corrected chi connectivity index (χ0v) is 15.9. The topological polar surface area (TPSA) is 71.8 Å². The predicted octanol–water partition coefficient (Wildman–Crippen LogP) is 3.15. The van der Waals surface area contributed by atoms with Crippen molar-refractivity contribution < 1.29 is 18.7 Å². The van der Waals surface area contributed by atoms with E-state index in [9.17, 15) is 9.59 Å². The molecule has 26 heavy (non-hydrogen) atoms. The number of carbonyl (C=O) groups excluding carboxylic acids is 2. The predicted molar refractivity (Wildman–Crippen MR) is 99.7 cm³/mol. The van der Waals surface area contributed by atoms with Crippen LogP contribution in [0.4, 0.5) is 0 Å². The van der Waals surface area contributed by atoms with Crippen molar-refractivity contribution in [3.05, 3.63) is 58.5 Å². The number of halogens is 1. The first kappa shape index (κ1) is 18.7. The third-order valence-corrected chi connectivity index (χ3v) is 4.67. The van der Waals surface area contributed by atoms with Crippen LogP contribution in [-0.4, -0.2) is 43.0 Å². The lowest BCUT2D eigenvalue weighted by molar-refractivity contribution is -0.139. The molecule has 1 aromatic heterocycles. The molecule has 0 spiro atoms. The molecule has 138 valence electrons. The van der Waals surface area contributed by atoms with Crippen LogP contribution >= 0.6 is 15.9 Å². The normalized spacial score (nSPS) is 17.1. The van der Waals surface area contributed by atoms with Crippen molar-refractivity contribution in [3.63, 3.8) is 0 Å². The number of furan rings is 1. The first-order valence-corrected chi connectivity index (χ1v) is 9.40. The quantitative estimate of drug-likeness (QED) is 0.728. The molecule has 1 atom stereocenters. The van der Waals surface area contributed by atoms with Crippen molar-refractivity contribution in [1.82, 2.24) is 10.2 Å². The fourth-order valence-electron chi connectivity index (χ4n) is 2.87. The van der Waals surface area contributed by atoms with Crippen molar-refractivity contribution in [2.45, 2.75) is 18.9 Å². The lowest BCUT2D eigenvalue weighted by Crippen LogP contribution is -2.42. The maximum atomic E-state index is 12.4. The third kappa shape index (κ3) is 4.95. The maximum Gasteiger partial charge on any atom is 0.287 e. The Balaban J connectivity index is 1.41. The molecular formula is C19H21BrN2O4. The van der Waals surface area contributed by atoms with Crippen molar-refractivity contribution >= 4 is 27.7 Å². The van der Waals surface area contributed by atoms with Gasteiger partial charge in [0.25, 0.3) is 5.91 Å². The van der Waals surface area contributed by atoms with Crippen LogP contribution in [0.1, 0.15) is 35.1 Å². The molecule has 1 saturated heterocycles. The molecule has 2 aromatic rings. The Hall–Kier alpha value is -2.12. The third-order valence-electron chi connectivity index (χ3n) is 4.24. The maximum absolute atomic E-state index is 12.4. The van der Waals surface area contributed by atoms with E-state index in [4.69, 9.17) is 9.15 Å². The van der Waals surface area contributed by atoms with Gasteiger partial charge in [-0.15, -0.1) is 0 Å². The molecule has 0 saturated carbocycles. The van der Waals surface area contributed by atoms with Crippen LogP contribution in [0.15, 0.2) is 51.6 Å². The summed E-state index contributed by atoms with van der Waals surface area (Å²) < 4.78 is 11.5. The van der Waals surface area contributed by atoms with Gasteiger partial charge in [-0.2, -0.15) is 0 Å². The highest BCUT2D eigenvalue weighted by Gasteiger charge is 2.24. The summed E-state index contributed by atoms with van der Waals surface area (Å²) in [6.07, 6.45) is 0.898. The van der Waals surface area contributed by atoms with E-state index in [1.165, 1.54) is 0 Å². The zero-order chi connectivity index (χ0) is 18.4. The molecule has 2 amide bonds. The standard InChI is InChI=1S/C19H21BrN2O4/c20-17-9-8-15(26-17)19(24)21-10-4-7-18(23)22-11-12-25-16(13-22)14-5-2-1-3-6-14/h1-3,5-6,8-9,16H,4,7,10-13H2,(H,21,24). The largest absolute Gasteiger partial charge is 0.444 e. The Labute approximate surface area is 160 Å². The Morgan fingerprint density at radius 3 is 2.73 bits per heavy atom. The summed E-state index contributed by atoms with van der Waals surface area (Å²) in [5, 5.41) is 2.76. The molecule has 1 aliphatic heterocycles. The van der Waals surface area contributed by atoms with Crippen molar-refractivity contribution in [2.75, 3.05) is 26.2 Å². The molecule has 1 aliphatic rings. The van der Waals surface area contributed by atoms with Crippen molar-refractivity contribution in [2.24, 2.45) is 0 Å². The van der Waals surface area contributed by atoms with Gasteiger partial charge in [-0.1, -0.05) is 30.3 Å². The molecule has 0 radical (unpaired) electrons. The molecule has 1 aromatic carbocycles. The minimum Gasteiger partial charge on any atom is -0.444 e. The number of morpholine rings is 1. The van der Waals surface area contributed by atoms with E-state index in [2.05, 4.69) is 21.2 Å². The SMILES string of the molecule is O=C(NCCCC(=O)N1CCOC(c2ccccc2)C1)c1ccc(Br)o1. The molecule has 1 unspecified atom stereocenters. The molecule has 3 rings (SSSR count). The van der Waals surface area contributed by atoms with E-state index in [1.807, 2.05) is 35.2 Å². The van der Waals surface area contributed by atoms with Crippen LogP contribution in [-0.2, 0) is 9.53 Å². The Bertz CT molecular complexity index is 747. The van der Waals surface area contributed by atoms with Gasteiger partial charge >= 0.3 is 0 Å². The van der Waals surface area contributed by atoms with Gasteiger partial charge in [0.1, 0.15) is 6.10 Å². The molecule has 1 N–H and O–H groups in total. The van der Waals surface area contributed by atoms with E-state index in [0.29, 0.717) is 43.8 Å². The van der Waals surface area contributed by atoms with E-state index in [-0.39, 0.29) is 23.7 Å². The average molecular weight is 421 g/mol. The summed E-state index contributed by atoms with van der Waals surface area (Å²) in [5.74, 6) is 0.0602. The number of hydrogen-bond acceptors (Lipinski definition) is 4. The van der Waals surface area contributed by atoms with Gasteiger partial charge in [-0.05, 0) is 40.0 Å². The highest BCUT2D eigenvalue weighted by atomic mass is 79.9. The molecule has 0 bridgehead atoms. The highest BCUT2D eigenvalue weighted by Crippen LogP contribution is 2.22. The van der Waals surface area contributed by atoms with Crippen LogP contribution in [0.2, 0.25) is 0 Å². The van der Waals surface area contributed by atoms with Gasteiger partial charge in [0.2, 0.25) is 5.91 Å². The van der Waals surface area contributed by atoms with Crippen LogP contribution in [0, 0.1) is 0 Å². The van der Waals surface area contributed by atoms with Crippen molar-refractivity contribution in [1.29, 1.82) is 0 Å². The molecule has 0 aliphatic carbocycles. The fraction of sp³-hybridized carbons (Fsp3) is 0.368.